The molecule has 0 bridgehead atoms. The number of amides is 3. The van der Waals surface area contributed by atoms with Crippen molar-refractivity contribution in [2.45, 2.75) is 6.92 Å². The van der Waals surface area contributed by atoms with Crippen LogP contribution in [0.15, 0.2) is 24.5 Å². The summed E-state index contributed by atoms with van der Waals surface area (Å²) < 4.78 is 0. The molecule has 0 saturated heterocycles. The maximum atomic E-state index is 11.7. The van der Waals surface area contributed by atoms with Gasteiger partial charge < -0.3 is 11.1 Å². The van der Waals surface area contributed by atoms with Gasteiger partial charge in [0.05, 0.1) is 11.9 Å². The van der Waals surface area contributed by atoms with Crippen LogP contribution in [0, 0.1) is 0 Å². The number of anilines is 1. The van der Waals surface area contributed by atoms with Crippen LogP contribution in [0.1, 0.15) is 6.92 Å². The third kappa shape index (κ3) is 3.63. The van der Waals surface area contributed by atoms with Crippen LogP contribution in [-0.2, 0) is 14.4 Å². The molecule has 0 fully saturated rings. The first kappa shape index (κ1) is 13.8. The van der Waals surface area contributed by atoms with Gasteiger partial charge in [-0.1, -0.05) is 0 Å². The first-order valence-electron chi connectivity index (χ1n) is 5.29. The number of imide groups is 1. The lowest BCUT2D eigenvalue weighted by molar-refractivity contribution is -0.149. The molecule has 0 aliphatic carbocycles. The Morgan fingerprint density at radius 1 is 1.44 bits per heavy atom. The topological polar surface area (TPSA) is 105 Å². The van der Waals surface area contributed by atoms with E-state index in [-0.39, 0.29) is 13.1 Å². The molecule has 0 saturated carbocycles. The van der Waals surface area contributed by atoms with E-state index in [2.05, 4.69) is 10.3 Å². The number of rotatable bonds is 3. The molecule has 3 amide bonds. The molecule has 0 atom stereocenters. The van der Waals surface area contributed by atoms with Crippen molar-refractivity contribution < 1.29 is 14.4 Å². The Balaban J connectivity index is 2.71. The van der Waals surface area contributed by atoms with Crippen molar-refractivity contribution in [3.05, 3.63) is 24.5 Å². The second-order valence-corrected chi connectivity index (χ2v) is 3.46. The van der Waals surface area contributed by atoms with Crippen molar-refractivity contribution in [2.24, 2.45) is 5.73 Å². The van der Waals surface area contributed by atoms with Crippen molar-refractivity contribution in [1.82, 2.24) is 9.88 Å². The first-order chi connectivity index (χ1) is 8.56. The molecule has 0 radical (unpaired) electrons. The van der Waals surface area contributed by atoms with E-state index in [1.807, 2.05) is 0 Å². The molecule has 18 heavy (non-hydrogen) atoms. The summed E-state index contributed by atoms with van der Waals surface area (Å²) in [6.45, 7) is 1.31. The molecule has 3 N–H and O–H groups in total. The van der Waals surface area contributed by atoms with Crippen molar-refractivity contribution >= 4 is 23.4 Å². The molecule has 1 aromatic rings. The molecular weight excluding hydrogens is 236 g/mol. The normalized spacial score (nSPS) is 9.67. The minimum atomic E-state index is -0.934. The summed E-state index contributed by atoms with van der Waals surface area (Å²) >= 11 is 0. The van der Waals surface area contributed by atoms with E-state index >= 15 is 0 Å². The summed E-state index contributed by atoms with van der Waals surface area (Å²) in [7, 11) is 0. The third-order valence-electron chi connectivity index (χ3n) is 2.09. The molecule has 1 heterocycles. The average Bonchev–Trinajstić information content (AvgIpc) is 2.36. The number of carbonyl (C=O) groups excluding carboxylic acids is 3. The van der Waals surface area contributed by atoms with Crippen LogP contribution in [0.3, 0.4) is 0 Å². The molecule has 0 unspecified atom stereocenters. The van der Waals surface area contributed by atoms with E-state index in [1.165, 1.54) is 19.3 Å². The quantitative estimate of drug-likeness (QED) is 0.694. The summed E-state index contributed by atoms with van der Waals surface area (Å²) in [5.41, 5.74) is 5.65. The standard InChI is InChI=1S/C11H14N4O3/c1-8(16)15(6-4-12)11(18)10(17)14-9-3-2-5-13-7-9/h2-3,5,7H,4,6,12H2,1H3,(H,14,17). The fourth-order valence-electron chi connectivity index (χ4n) is 1.27. The van der Waals surface area contributed by atoms with E-state index in [0.717, 1.165) is 4.90 Å². The summed E-state index contributed by atoms with van der Waals surface area (Å²) in [5, 5.41) is 2.35. The number of nitrogens with one attached hydrogen (secondary N) is 1. The molecule has 0 aromatic carbocycles. The summed E-state index contributed by atoms with van der Waals surface area (Å²) in [6.07, 6.45) is 2.93. The molecule has 1 rings (SSSR count). The lowest BCUT2D eigenvalue weighted by atomic mass is 10.3. The van der Waals surface area contributed by atoms with Gasteiger partial charge in [-0.2, -0.15) is 0 Å². The van der Waals surface area contributed by atoms with Gasteiger partial charge in [0.25, 0.3) is 0 Å². The Morgan fingerprint density at radius 2 is 2.17 bits per heavy atom. The van der Waals surface area contributed by atoms with E-state index in [9.17, 15) is 14.4 Å². The predicted molar refractivity (Wildman–Crippen MR) is 64.3 cm³/mol. The SMILES string of the molecule is CC(=O)N(CCN)C(=O)C(=O)Nc1cccnc1. The van der Waals surface area contributed by atoms with Crippen molar-refractivity contribution in [2.75, 3.05) is 18.4 Å². The number of nitrogens with zero attached hydrogens (tertiary/aromatic N) is 2. The maximum absolute atomic E-state index is 11.7. The number of carbonyl (C=O) groups is 3. The van der Waals surface area contributed by atoms with Gasteiger partial charge in [-0.05, 0) is 12.1 Å². The molecule has 7 heteroatoms. The molecule has 0 aliphatic heterocycles. The van der Waals surface area contributed by atoms with Crippen LogP contribution < -0.4 is 11.1 Å². The molecule has 7 nitrogen and oxygen atoms in total. The average molecular weight is 250 g/mol. The van der Waals surface area contributed by atoms with Gasteiger partial charge in [-0.15, -0.1) is 0 Å². The number of nitrogens with two attached hydrogens (primary N) is 1. The van der Waals surface area contributed by atoms with Gasteiger partial charge in [0.1, 0.15) is 0 Å². The Bertz CT molecular complexity index is 447. The number of hydrogen-bond donors (Lipinski definition) is 2. The minimum Gasteiger partial charge on any atom is -0.329 e. The Kier molecular flexibility index (Phi) is 4.94. The van der Waals surface area contributed by atoms with Gasteiger partial charge in [0.2, 0.25) is 5.91 Å². The third-order valence-corrected chi connectivity index (χ3v) is 2.09. The highest BCUT2D eigenvalue weighted by Crippen LogP contribution is 2.03. The molecule has 96 valence electrons. The highest BCUT2D eigenvalue weighted by atomic mass is 16.2. The zero-order valence-electron chi connectivity index (χ0n) is 9.92. The van der Waals surface area contributed by atoms with Crippen LogP contribution in [-0.4, -0.2) is 40.7 Å². The number of aromatic nitrogens is 1. The predicted octanol–water partition coefficient (Wildman–Crippen LogP) is -0.646. The number of hydrogen-bond acceptors (Lipinski definition) is 5. The second kappa shape index (κ2) is 6.45. The number of pyridine rings is 1. The van der Waals surface area contributed by atoms with Crippen molar-refractivity contribution in [3.63, 3.8) is 0 Å². The fraction of sp³-hybridized carbons (Fsp3) is 0.273. The smallest absolute Gasteiger partial charge is 0.318 e. The van der Waals surface area contributed by atoms with E-state index < -0.39 is 17.7 Å². The van der Waals surface area contributed by atoms with Gasteiger partial charge >= 0.3 is 11.8 Å². The highest BCUT2D eigenvalue weighted by Gasteiger charge is 2.24. The summed E-state index contributed by atoms with van der Waals surface area (Å²) in [6, 6.07) is 3.20. The van der Waals surface area contributed by atoms with E-state index in [4.69, 9.17) is 5.73 Å². The maximum Gasteiger partial charge on any atom is 0.318 e. The van der Waals surface area contributed by atoms with Crippen molar-refractivity contribution in [1.29, 1.82) is 0 Å². The van der Waals surface area contributed by atoms with Gasteiger partial charge in [-0.3, -0.25) is 24.3 Å². The van der Waals surface area contributed by atoms with Crippen LogP contribution >= 0.6 is 0 Å². The van der Waals surface area contributed by atoms with E-state index in [0.29, 0.717) is 5.69 Å². The first-order valence-corrected chi connectivity index (χ1v) is 5.29. The van der Waals surface area contributed by atoms with Crippen LogP contribution in [0.4, 0.5) is 5.69 Å². The van der Waals surface area contributed by atoms with Crippen LogP contribution in [0.2, 0.25) is 0 Å². The van der Waals surface area contributed by atoms with Gasteiger partial charge in [0.15, 0.2) is 0 Å². The minimum absolute atomic E-state index is 0.00856. The van der Waals surface area contributed by atoms with Crippen LogP contribution in [0.25, 0.3) is 0 Å². The molecule has 1 aromatic heterocycles. The lowest BCUT2D eigenvalue weighted by Gasteiger charge is -2.17. The molecular formula is C11H14N4O3. The molecule has 0 aliphatic rings. The van der Waals surface area contributed by atoms with Crippen molar-refractivity contribution in [3.8, 4) is 0 Å². The Morgan fingerprint density at radius 3 is 2.67 bits per heavy atom. The van der Waals surface area contributed by atoms with Crippen LogP contribution in [0.5, 0.6) is 0 Å². The lowest BCUT2D eigenvalue weighted by Crippen LogP contribution is -2.44. The zero-order chi connectivity index (χ0) is 13.5. The Hall–Kier alpha value is -2.28. The highest BCUT2D eigenvalue weighted by molar-refractivity contribution is 6.41. The largest absolute Gasteiger partial charge is 0.329 e. The second-order valence-electron chi connectivity index (χ2n) is 3.46. The summed E-state index contributed by atoms with van der Waals surface area (Å²) in [4.78, 5) is 39.1. The van der Waals surface area contributed by atoms with Gasteiger partial charge in [0, 0.05) is 26.2 Å². The van der Waals surface area contributed by atoms with E-state index in [1.54, 1.807) is 12.1 Å². The summed E-state index contributed by atoms with van der Waals surface area (Å²) in [5.74, 6) is -2.35. The Labute approximate surface area is 104 Å². The zero-order valence-corrected chi connectivity index (χ0v) is 9.92. The monoisotopic (exact) mass is 250 g/mol. The fourth-order valence-corrected chi connectivity index (χ4v) is 1.27. The van der Waals surface area contributed by atoms with Gasteiger partial charge in [-0.25, -0.2) is 0 Å². The molecule has 0 spiro atoms.